The van der Waals surface area contributed by atoms with E-state index in [1.54, 1.807) is 12.3 Å². The van der Waals surface area contributed by atoms with Crippen LogP contribution >= 0.6 is 11.3 Å². The number of hydrogen-bond acceptors (Lipinski definition) is 7. The molecule has 0 aliphatic carbocycles. The molecule has 1 aromatic carbocycles. The molecule has 0 radical (unpaired) electrons. The average molecular weight is 464 g/mol. The first-order valence-electron chi connectivity index (χ1n) is 10.5. The minimum Gasteiger partial charge on any atom is -0.468 e. The van der Waals surface area contributed by atoms with E-state index < -0.39 is 5.97 Å². The Morgan fingerprint density at radius 2 is 1.97 bits per heavy atom. The molecule has 1 N–H and O–H groups in total. The summed E-state index contributed by atoms with van der Waals surface area (Å²) in [5, 5.41) is 3.63. The quantitative estimate of drug-likeness (QED) is 0.380. The van der Waals surface area contributed by atoms with E-state index in [0.29, 0.717) is 39.4 Å². The summed E-state index contributed by atoms with van der Waals surface area (Å²) in [4.78, 5) is 33.3. The number of benzene rings is 1. The maximum atomic E-state index is 13.0. The molecule has 8 heteroatoms. The monoisotopic (exact) mass is 463 g/mol. The zero-order valence-electron chi connectivity index (χ0n) is 19.0. The molecular formula is C25H25N3O4S. The first-order chi connectivity index (χ1) is 15.9. The number of rotatable bonds is 7. The molecule has 0 saturated heterocycles. The number of ether oxygens (including phenoxy) is 1. The normalized spacial score (nSPS) is 11.2. The highest BCUT2D eigenvalue weighted by Crippen LogP contribution is 2.36. The van der Waals surface area contributed by atoms with Crippen molar-refractivity contribution in [3.63, 3.8) is 0 Å². The van der Waals surface area contributed by atoms with Gasteiger partial charge in [-0.1, -0.05) is 17.7 Å². The van der Waals surface area contributed by atoms with Crippen molar-refractivity contribution in [3.8, 4) is 0 Å². The predicted octanol–water partition coefficient (Wildman–Crippen LogP) is 5.18. The van der Waals surface area contributed by atoms with Crippen LogP contribution in [-0.4, -0.2) is 35.9 Å². The van der Waals surface area contributed by atoms with Crippen LogP contribution in [0.15, 0.2) is 53.1 Å². The van der Waals surface area contributed by atoms with Gasteiger partial charge in [-0.3, -0.25) is 9.69 Å². The summed E-state index contributed by atoms with van der Waals surface area (Å²) < 4.78 is 10.4. The zero-order chi connectivity index (χ0) is 23.5. The van der Waals surface area contributed by atoms with E-state index in [1.165, 1.54) is 18.4 Å². The SMILES string of the molecule is COC(=O)c1sc2nc(CN(C)Cc3ccco3)ccc2c1NC(=O)c1ccc(C)cc1C. The van der Waals surface area contributed by atoms with Crippen molar-refractivity contribution < 1.29 is 18.7 Å². The molecule has 7 nitrogen and oxygen atoms in total. The van der Waals surface area contributed by atoms with Crippen LogP contribution in [0.1, 0.15) is 42.6 Å². The van der Waals surface area contributed by atoms with Gasteiger partial charge in [0.1, 0.15) is 15.5 Å². The summed E-state index contributed by atoms with van der Waals surface area (Å²) in [6, 6.07) is 13.2. The lowest BCUT2D eigenvalue weighted by atomic mass is 10.1. The second-order valence-electron chi connectivity index (χ2n) is 7.98. The highest BCUT2D eigenvalue weighted by molar-refractivity contribution is 7.21. The van der Waals surface area contributed by atoms with Gasteiger partial charge in [0.25, 0.3) is 5.91 Å². The summed E-state index contributed by atoms with van der Waals surface area (Å²) in [7, 11) is 3.31. The zero-order valence-corrected chi connectivity index (χ0v) is 19.8. The molecule has 0 unspecified atom stereocenters. The Morgan fingerprint density at radius 1 is 1.15 bits per heavy atom. The van der Waals surface area contributed by atoms with Crippen molar-refractivity contribution >= 4 is 39.1 Å². The van der Waals surface area contributed by atoms with E-state index in [0.717, 1.165) is 22.6 Å². The van der Waals surface area contributed by atoms with Gasteiger partial charge in [0.05, 0.1) is 31.3 Å². The van der Waals surface area contributed by atoms with Gasteiger partial charge >= 0.3 is 5.97 Å². The Balaban J connectivity index is 1.63. The van der Waals surface area contributed by atoms with E-state index in [9.17, 15) is 9.59 Å². The van der Waals surface area contributed by atoms with Crippen molar-refractivity contribution in [1.82, 2.24) is 9.88 Å². The number of nitrogens with zero attached hydrogens (tertiary/aromatic N) is 2. The summed E-state index contributed by atoms with van der Waals surface area (Å²) in [5.74, 6) is 0.0871. The standard InChI is InChI=1S/C25H25N3O4S/c1-15-7-9-19(16(2)12-15)23(29)27-21-20-10-8-17(13-28(3)14-18-6-5-11-32-18)26-24(20)33-22(21)25(30)31-4/h5-12H,13-14H2,1-4H3,(H,27,29). The van der Waals surface area contributed by atoms with Crippen LogP contribution in [0.4, 0.5) is 5.69 Å². The molecule has 0 aliphatic heterocycles. The first-order valence-corrected chi connectivity index (χ1v) is 11.3. The molecule has 0 spiro atoms. The molecule has 0 aliphatic rings. The molecule has 3 heterocycles. The number of carbonyl (C=O) groups excluding carboxylic acids is 2. The van der Waals surface area contributed by atoms with Crippen molar-refractivity contribution in [2.75, 3.05) is 19.5 Å². The molecule has 4 rings (SSSR count). The second kappa shape index (κ2) is 9.56. The maximum absolute atomic E-state index is 13.0. The number of pyridine rings is 1. The Morgan fingerprint density at radius 3 is 2.67 bits per heavy atom. The number of anilines is 1. The first kappa shape index (κ1) is 22.7. The number of hydrogen-bond donors (Lipinski definition) is 1. The Bertz CT molecular complexity index is 1310. The number of methoxy groups -OCH3 is 1. The van der Waals surface area contributed by atoms with Gasteiger partial charge in [-0.05, 0) is 56.8 Å². The van der Waals surface area contributed by atoms with Crippen LogP contribution in [0.5, 0.6) is 0 Å². The third kappa shape index (κ3) is 4.97. The maximum Gasteiger partial charge on any atom is 0.350 e. The number of furan rings is 1. The van der Waals surface area contributed by atoms with Gasteiger partial charge in [-0.15, -0.1) is 11.3 Å². The third-order valence-corrected chi connectivity index (χ3v) is 6.37. The van der Waals surface area contributed by atoms with Crippen LogP contribution < -0.4 is 5.32 Å². The lowest BCUT2D eigenvalue weighted by Gasteiger charge is -2.14. The van der Waals surface area contributed by atoms with Crippen LogP contribution in [0, 0.1) is 13.8 Å². The molecule has 0 atom stereocenters. The van der Waals surface area contributed by atoms with Gasteiger partial charge in [0, 0.05) is 17.5 Å². The fourth-order valence-corrected chi connectivity index (χ4v) is 4.78. The van der Waals surface area contributed by atoms with E-state index in [4.69, 9.17) is 14.1 Å². The smallest absolute Gasteiger partial charge is 0.350 e. The number of carbonyl (C=O) groups is 2. The predicted molar refractivity (Wildman–Crippen MR) is 129 cm³/mol. The molecule has 4 aromatic rings. The van der Waals surface area contributed by atoms with Gasteiger partial charge in [0.2, 0.25) is 0 Å². The fourth-order valence-electron chi connectivity index (χ4n) is 3.72. The summed E-state index contributed by atoms with van der Waals surface area (Å²) in [5.41, 5.74) is 3.77. The fraction of sp³-hybridized carbons (Fsp3) is 0.240. The Kier molecular flexibility index (Phi) is 6.57. The minimum atomic E-state index is -0.509. The van der Waals surface area contributed by atoms with Crippen molar-refractivity contribution in [2.24, 2.45) is 0 Å². The van der Waals surface area contributed by atoms with E-state index in [-0.39, 0.29) is 5.91 Å². The highest BCUT2D eigenvalue weighted by atomic mass is 32.1. The largest absolute Gasteiger partial charge is 0.468 e. The average Bonchev–Trinajstić information content (AvgIpc) is 3.40. The van der Waals surface area contributed by atoms with Crippen LogP contribution in [-0.2, 0) is 17.8 Å². The minimum absolute atomic E-state index is 0.278. The number of amides is 1. The second-order valence-corrected chi connectivity index (χ2v) is 8.98. The van der Waals surface area contributed by atoms with Crippen LogP contribution in [0.2, 0.25) is 0 Å². The van der Waals surface area contributed by atoms with Gasteiger partial charge in [-0.25, -0.2) is 9.78 Å². The lowest BCUT2D eigenvalue weighted by Crippen LogP contribution is -2.17. The molecular weight excluding hydrogens is 438 g/mol. The van der Waals surface area contributed by atoms with Gasteiger partial charge in [0.15, 0.2) is 0 Å². The van der Waals surface area contributed by atoms with Crippen LogP contribution in [0.3, 0.4) is 0 Å². The van der Waals surface area contributed by atoms with E-state index in [2.05, 4.69) is 10.2 Å². The number of thiophene rings is 1. The molecule has 0 bridgehead atoms. The number of fused-ring (bicyclic) bond motifs is 1. The number of aryl methyl sites for hydroxylation is 2. The Labute approximate surface area is 196 Å². The molecule has 33 heavy (non-hydrogen) atoms. The Hall–Kier alpha value is -3.49. The molecule has 1 amide bonds. The van der Waals surface area contributed by atoms with E-state index in [1.807, 2.05) is 57.3 Å². The molecule has 0 saturated carbocycles. The van der Waals surface area contributed by atoms with Gasteiger partial charge < -0.3 is 14.5 Å². The van der Waals surface area contributed by atoms with Crippen molar-refractivity contribution in [1.29, 1.82) is 0 Å². The third-order valence-electron chi connectivity index (χ3n) is 5.29. The number of nitrogens with one attached hydrogen (secondary N) is 1. The van der Waals surface area contributed by atoms with Gasteiger partial charge in [-0.2, -0.15) is 0 Å². The topological polar surface area (TPSA) is 84.7 Å². The van der Waals surface area contributed by atoms with Crippen molar-refractivity contribution in [3.05, 3.63) is 81.7 Å². The summed E-state index contributed by atoms with van der Waals surface area (Å²) in [6.07, 6.45) is 1.65. The number of esters is 1. The molecule has 0 fully saturated rings. The lowest BCUT2D eigenvalue weighted by molar-refractivity contribution is 0.0607. The molecule has 3 aromatic heterocycles. The number of aromatic nitrogens is 1. The summed E-state index contributed by atoms with van der Waals surface area (Å²) in [6.45, 7) is 5.13. The van der Waals surface area contributed by atoms with Crippen molar-refractivity contribution in [2.45, 2.75) is 26.9 Å². The highest BCUT2D eigenvalue weighted by Gasteiger charge is 2.23. The molecule has 170 valence electrons. The summed E-state index contributed by atoms with van der Waals surface area (Å²) >= 11 is 1.21. The van der Waals surface area contributed by atoms with E-state index >= 15 is 0 Å². The van der Waals surface area contributed by atoms with Crippen LogP contribution in [0.25, 0.3) is 10.2 Å².